The second-order valence-corrected chi connectivity index (χ2v) is 13.3. The fourth-order valence-electron chi connectivity index (χ4n) is 6.99. The second kappa shape index (κ2) is 11.4. The molecule has 2 aliphatic rings. The molecule has 252 valence electrons. The number of hydrogen-bond acceptors (Lipinski definition) is 6. The molecule has 13 heteroatoms. The number of benzene rings is 2. The standard InChI is InChI=1S/C36H33F4N7O2/c1-18-30-26-16-27(26)36(39,40)33(30)47(44-18)17-29(48)43-28(14-19-12-20(37)15-21(38)13-19)31-23(9-8-22(42-31)10-11-35(2,3)49)24-6-5-7-25-32(24)46(4)45-34(25)41/h5-9,12-13,15,26-28,49H,14,16-17H2,1-4H3,(H2,41,45)(H,43,48)/t26-,27+,28-/m0/s1. The SMILES string of the molecule is Cc1nn(CC(=O)N[C@@H](Cc2cc(F)cc(F)c2)c2nc(C#CC(C)(C)O)ccc2-c2cccc3c(N)nn(C)c23)c2c1[C@H]1C[C@H]1C2(F)F. The van der Waals surface area contributed by atoms with E-state index in [-0.39, 0.29) is 35.0 Å². The Morgan fingerprint density at radius 1 is 1.14 bits per heavy atom. The summed E-state index contributed by atoms with van der Waals surface area (Å²) in [7, 11) is 1.73. The van der Waals surface area contributed by atoms with Crippen molar-refractivity contribution in [3.05, 3.63) is 94.1 Å². The number of amides is 1. The van der Waals surface area contributed by atoms with Gasteiger partial charge in [-0.2, -0.15) is 19.0 Å². The van der Waals surface area contributed by atoms with Crippen molar-refractivity contribution < 1.29 is 27.5 Å². The van der Waals surface area contributed by atoms with Crippen LogP contribution in [-0.4, -0.2) is 41.2 Å². The number of carbonyl (C=O) groups excluding carboxylic acids is 1. The Morgan fingerprint density at radius 3 is 2.59 bits per heavy atom. The maximum absolute atomic E-state index is 15.3. The van der Waals surface area contributed by atoms with Crippen LogP contribution in [0.5, 0.6) is 0 Å². The zero-order chi connectivity index (χ0) is 35.0. The average molecular weight is 672 g/mol. The first kappa shape index (κ1) is 32.3. The summed E-state index contributed by atoms with van der Waals surface area (Å²) in [4.78, 5) is 18.6. The Morgan fingerprint density at radius 2 is 1.88 bits per heavy atom. The summed E-state index contributed by atoms with van der Waals surface area (Å²) < 4.78 is 62.1. The van der Waals surface area contributed by atoms with Crippen molar-refractivity contribution in [2.45, 2.75) is 63.6 Å². The van der Waals surface area contributed by atoms with Gasteiger partial charge in [0, 0.05) is 41.1 Å². The van der Waals surface area contributed by atoms with Crippen LogP contribution in [0.1, 0.15) is 66.1 Å². The molecule has 2 aliphatic carbocycles. The number of aromatic nitrogens is 5. The lowest BCUT2D eigenvalue weighted by molar-refractivity contribution is -0.122. The average Bonchev–Trinajstić information content (AvgIpc) is 3.60. The summed E-state index contributed by atoms with van der Waals surface area (Å²) >= 11 is 0. The molecule has 1 amide bonds. The molecule has 0 radical (unpaired) electrons. The molecule has 2 aromatic carbocycles. The van der Waals surface area contributed by atoms with Crippen molar-refractivity contribution in [1.82, 2.24) is 29.9 Å². The number of para-hydroxylation sites is 1. The van der Waals surface area contributed by atoms with E-state index in [9.17, 15) is 18.7 Å². The van der Waals surface area contributed by atoms with Gasteiger partial charge in [0.25, 0.3) is 5.92 Å². The molecule has 0 spiro atoms. The molecular formula is C36H33F4N7O2. The van der Waals surface area contributed by atoms with Crippen LogP contribution in [0.4, 0.5) is 23.4 Å². The highest BCUT2D eigenvalue weighted by Crippen LogP contribution is 2.67. The summed E-state index contributed by atoms with van der Waals surface area (Å²) in [5, 5.41) is 22.5. The molecule has 7 rings (SSSR count). The minimum atomic E-state index is -3.11. The van der Waals surface area contributed by atoms with Crippen molar-refractivity contribution in [1.29, 1.82) is 0 Å². The molecule has 1 saturated carbocycles. The van der Waals surface area contributed by atoms with E-state index in [1.165, 1.54) is 13.8 Å². The topological polar surface area (TPSA) is 124 Å². The first-order valence-corrected chi connectivity index (χ1v) is 15.8. The number of nitrogen functional groups attached to an aromatic ring is 1. The van der Waals surface area contributed by atoms with Gasteiger partial charge >= 0.3 is 0 Å². The molecule has 49 heavy (non-hydrogen) atoms. The molecule has 5 aromatic rings. The number of nitrogens with one attached hydrogen (secondary N) is 1. The predicted octanol–water partition coefficient (Wildman–Crippen LogP) is 5.43. The smallest absolute Gasteiger partial charge is 0.293 e. The molecule has 0 bridgehead atoms. The second-order valence-electron chi connectivity index (χ2n) is 13.3. The van der Waals surface area contributed by atoms with Gasteiger partial charge < -0.3 is 16.2 Å². The van der Waals surface area contributed by atoms with Crippen LogP contribution in [-0.2, 0) is 30.7 Å². The number of pyridine rings is 1. The molecule has 0 unspecified atom stereocenters. The maximum Gasteiger partial charge on any atom is 0.293 e. The Bertz CT molecular complexity index is 2200. The number of aryl methyl sites for hydroxylation is 2. The molecule has 3 atom stereocenters. The van der Waals surface area contributed by atoms with Crippen molar-refractivity contribution in [3.63, 3.8) is 0 Å². The summed E-state index contributed by atoms with van der Waals surface area (Å²) in [6.07, 6.45) is 0.268. The largest absolute Gasteiger partial charge is 0.382 e. The number of hydrogen-bond donors (Lipinski definition) is 3. The third-order valence-corrected chi connectivity index (χ3v) is 9.04. The van der Waals surface area contributed by atoms with Crippen LogP contribution in [0.2, 0.25) is 0 Å². The van der Waals surface area contributed by atoms with E-state index in [0.717, 1.165) is 22.9 Å². The number of halogens is 4. The van der Waals surface area contributed by atoms with Crippen molar-refractivity contribution in [2.75, 3.05) is 5.73 Å². The van der Waals surface area contributed by atoms with E-state index in [0.29, 0.717) is 45.5 Å². The molecule has 4 N–H and O–H groups in total. The fourth-order valence-corrected chi connectivity index (χ4v) is 6.99. The van der Waals surface area contributed by atoms with Gasteiger partial charge in [0.2, 0.25) is 5.91 Å². The maximum atomic E-state index is 15.3. The summed E-state index contributed by atoms with van der Waals surface area (Å²) in [6, 6.07) is 10.8. The Kier molecular flexibility index (Phi) is 7.55. The number of nitrogens with two attached hydrogens (primary N) is 1. The monoisotopic (exact) mass is 671 g/mol. The van der Waals surface area contributed by atoms with E-state index in [1.54, 1.807) is 36.9 Å². The quantitative estimate of drug-likeness (QED) is 0.157. The van der Waals surface area contributed by atoms with Gasteiger partial charge in [0.1, 0.15) is 35.2 Å². The van der Waals surface area contributed by atoms with Crippen LogP contribution in [0.15, 0.2) is 48.5 Å². The number of alkyl halides is 2. The molecule has 1 fully saturated rings. The van der Waals surface area contributed by atoms with Crippen LogP contribution >= 0.6 is 0 Å². The predicted molar refractivity (Wildman–Crippen MR) is 174 cm³/mol. The Labute approximate surface area is 279 Å². The third-order valence-electron chi connectivity index (χ3n) is 9.04. The van der Waals surface area contributed by atoms with Crippen LogP contribution in [0.3, 0.4) is 0 Å². The van der Waals surface area contributed by atoms with E-state index in [2.05, 4.69) is 27.4 Å². The number of nitrogens with zero attached hydrogens (tertiary/aromatic N) is 5. The highest BCUT2D eigenvalue weighted by Gasteiger charge is 2.66. The highest BCUT2D eigenvalue weighted by molar-refractivity contribution is 6.00. The fraction of sp³-hybridized carbons (Fsp3) is 0.333. The molecular weight excluding hydrogens is 638 g/mol. The van der Waals surface area contributed by atoms with Gasteiger partial charge in [-0.3, -0.25) is 14.2 Å². The van der Waals surface area contributed by atoms with Crippen molar-refractivity contribution in [2.24, 2.45) is 13.0 Å². The van der Waals surface area contributed by atoms with Gasteiger partial charge in [-0.15, -0.1) is 0 Å². The molecule has 3 heterocycles. The number of fused-ring (bicyclic) bond motifs is 4. The van der Waals surface area contributed by atoms with Gasteiger partial charge in [0.15, 0.2) is 5.82 Å². The zero-order valence-corrected chi connectivity index (χ0v) is 27.2. The minimum Gasteiger partial charge on any atom is -0.382 e. The number of aliphatic hydroxyl groups is 1. The molecule has 0 saturated heterocycles. The van der Waals surface area contributed by atoms with E-state index in [1.807, 2.05) is 12.1 Å². The third kappa shape index (κ3) is 5.90. The summed E-state index contributed by atoms with van der Waals surface area (Å²) in [5.74, 6) is -0.543. The Hall–Kier alpha value is -5.22. The normalized spacial score (nSPS) is 18.1. The first-order valence-electron chi connectivity index (χ1n) is 15.8. The van der Waals surface area contributed by atoms with Crippen LogP contribution in [0, 0.1) is 36.3 Å². The highest BCUT2D eigenvalue weighted by atomic mass is 19.3. The summed E-state index contributed by atoms with van der Waals surface area (Å²) in [5.41, 5.74) is 8.17. The Balaban J connectivity index is 1.35. The molecule has 3 aromatic heterocycles. The lowest BCUT2D eigenvalue weighted by atomic mass is 9.93. The van der Waals surface area contributed by atoms with E-state index >= 15 is 8.78 Å². The van der Waals surface area contributed by atoms with Gasteiger partial charge in [-0.05, 0) is 81.3 Å². The lowest BCUT2D eigenvalue weighted by Gasteiger charge is -2.23. The number of carbonyl (C=O) groups is 1. The van der Waals surface area contributed by atoms with E-state index < -0.39 is 47.6 Å². The zero-order valence-electron chi connectivity index (χ0n) is 27.2. The van der Waals surface area contributed by atoms with E-state index in [4.69, 9.17) is 10.7 Å². The van der Waals surface area contributed by atoms with Crippen molar-refractivity contribution in [3.8, 4) is 23.0 Å². The van der Waals surface area contributed by atoms with Gasteiger partial charge in [0.05, 0.1) is 22.9 Å². The summed E-state index contributed by atoms with van der Waals surface area (Å²) in [6.45, 7) is 4.18. The van der Waals surface area contributed by atoms with Gasteiger partial charge in [-0.25, -0.2) is 13.8 Å². The molecule has 9 nitrogen and oxygen atoms in total. The van der Waals surface area contributed by atoms with Crippen LogP contribution in [0.25, 0.3) is 22.0 Å². The first-order chi connectivity index (χ1) is 23.1. The van der Waals surface area contributed by atoms with Crippen molar-refractivity contribution >= 4 is 22.6 Å². The van der Waals surface area contributed by atoms with Gasteiger partial charge in [-0.1, -0.05) is 18.1 Å². The number of rotatable bonds is 7. The minimum absolute atomic E-state index is 0.122. The number of anilines is 1. The lowest BCUT2D eigenvalue weighted by Crippen LogP contribution is -2.35. The molecule has 0 aliphatic heterocycles. The van der Waals surface area contributed by atoms with Crippen LogP contribution < -0.4 is 11.1 Å².